The van der Waals surface area contributed by atoms with E-state index in [0.29, 0.717) is 36.1 Å². The number of pyridine rings is 1. The topological polar surface area (TPSA) is 60.2 Å². The van der Waals surface area contributed by atoms with Gasteiger partial charge in [-0.05, 0) is 30.9 Å². The SMILES string of the molecule is CC(C)COc1nc(NC(C)C(C)C)ccc1N. The van der Waals surface area contributed by atoms with Gasteiger partial charge in [0.2, 0.25) is 5.88 Å². The third-order valence-electron chi connectivity index (χ3n) is 2.82. The van der Waals surface area contributed by atoms with E-state index in [2.05, 4.69) is 44.9 Å². The van der Waals surface area contributed by atoms with Gasteiger partial charge >= 0.3 is 0 Å². The van der Waals surface area contributed by atoms with Crippen molar-refractivity contribution in [2.75, 3.05) is 17.7 Å². The first-order chi connectivity index (χ1) is 8.40. The molecule has 1 atom stereocenters. The van der Waals surface area contributed by atoms with Gasteiger partial charge in [-0.25, -0.2) is 0 Å². The smallest absolute Gasteiger partial charge is 0.239 e. The molecule has 0 fully saturated rings. The van der Waals surface area contributed by atoms with Crippen LogP contribution in [0.3, 0.4) is 0 Å². The van der Waals surface area contributed by atoms with Gasteiger partial charge in [0.25, 0.3) is 0 Å². The van der Waals surface area contributed by atoms with E-state index in [0.717, 1.165) is 5.82 Å². The molecule has 0 aliphatic rings. The Kier molecular flexibility index (Phi) is 5.25. The Labute approximate surface area is 110 Å². The molecule has 1 unspecified atom stereocenters. The summed E-state index contributed by atoms with van der Waals surface area (Å²) in [6.45, 7) is 11.3. The van der Waals surface area contributed by atoms with Crippen LogP contribution in [0.25, 0.3) is 0 Å². The molecular weight excluding hydrogens is 226 g/mol. The second kappa shape index (κ2) is 6.47. The molecule has 3 N–H and O–H groups in total. The predicted octanol–water partition coefficient (Wildman–Crippen LogP) is 3.16. The molecule has 1 heterocycles. The van der Waals surface area contributed by atoms with Crippen molar-refractivity contribution < 1.29 is 4.74 Å². The van der Waals surface area contributed by atoms with Gasteiger partial charge in [-0.3, -0.25) is 0 Å². The molecule has 0 saturated heterocycles. The van der Waals surface area contributed by atoms with Crippen LogP contribution in [0.5, 0.6) is 5.88 Å². The lowest BCUT2D eigenvalue weighted by Crippen LogP contribution is -2.22. The molecule has 102 valence electrons. The van der Waals surface area contributed by atoms with Crippen molar-refractivity contribution >= 4 is 11.5 Å². The summed E-state index contributed by atoms with van der Waals surface area (Å²) in [5, 5.41) is 3.35. The molecule has 0 aromatic carbocycles. The Morgan fingerprint density at radius 2 is 1.89 bits per heavy atom. The molecule has 4 nitrogen and oxygen atoms in total. The average molecular weight is 251 g/mol. The van der Waals surface area contributed by atoms with Gasteiger partial charge in [-0.2, -0.15) is 4.98 Å². The number of anilines is 2. The number of nitrogen functional groups attached to an aromatic ring is 1. The molecule has 4 heteroatoms. The Balaban J connectivity index is 2.74. The minimum Gasteiger partial charge on any atom is -0.476 e. The van der Waals surface area contributed by atoms with E-state index in [1.54, 1.807) is 0 Å². The highest BCUT2D eigenvalue weighted by atomic mass is 16.5. The van der Waals surface area contributed by atoms with E-state index in [4.69, 9.17) is 10.5 Å². The fourth-order valence-electron chi connectivity index (χ4n) is 1.29. The summed E-state index contributed by atoms with van der Waals surface area (Å²) in [5.41, 5.74) is 6.43. The highest BCUT2D eigenvalue weighted by Crippen LogP contribution is 2.22. The van der Waals surface area contributed by atoms with E-state index in [-0.39, 0.29) is 0 Å². The van der Waals surface area contributed by atoms with Crippen LogP contribution < -0.4 is 15.8 Å². The maximum absolute atomic E-state index is 5.85. The molecule has 0 aliphatic carbocycles. The van der Waals surface area contributed by atoms with Crippen LogP contribution in [0.1, 0.15) is 34.6 Å². The molecule has 0 aliphatic heterocycles. The summed E-state index contributed by atoms with van der Waals surface area (Å²) >= 11 is 0. The summed E-state index contributed by atoms with van der Waals surface area (Å²) in [6.07, 6.45) is 0. The molecule has 18 heavy (non-hydrogen) atoms. The predicted molar refractivity (Wildman–Crippen MR) is 76.9 cm³/mol. The first-order valence-corrected chi connectivity index (χ1v) is 6.56. The normalized spacial score (nSPS) is 12.8. The first kappa shape index (κ1) is 14.6. The minimum absolute atomic E-state index is 0.360. The molecule has 0 bridgehead atoms. The number of ether oxygens (including phenoxy) is 1. The fraction of sp³-hybridized carbons (Fsp3) is 0.643. The lowest BCUT2D eigenvalue weighted by atomic mass is 10.1. The second-order valence-corrected chi connectivity index (χ2v) is 5.47. The minimum atomic E-state index is 0.360. The number of rotatable bonds is 6. The van der Waals surface area contributed by atoms with Crippen LogP contribution in [-0.2, 0) is 0 Å². The third-order valence-corrected chi connectivity index (χ3v) is 2.82. The van der Waals surface area contributed by atoms with Crippen LogP contribution in [0, 0.1) is 11.8 Å². The van der Waals surface area contributed by atoms with Crippen LogP contribution >= 0.6 is 0 Å². The molecule has 1 rings (SSSR count). The van der Waals surface area contributed by atoms with Gasteiger partial charge in [-0.15, -0.1) is 0 Å². The van der Waals surface area contributed by atoms with Crippen molar-refractivity contribution in [1.82, 2.24) is 4.98 Å². The number of hydrogen-bond donors (Lipinski definition) is 2. The van der Waals surface area contributed by atoms with E-state index < -0.39 is 0 Å². The first-order valence-electron chi connectivity index (χ1n) is 6.56. The van der Waals surface area contributed by atoms with Gasteiger partial charge in [-0.1, -0.05) is 27.7 Å². The van der Waals surface area contributed by atoms with E-state index >= 15 is 0 Å². The molecule has 0 radical (unpaired) electrons. The maximum atomic E-state index is 5.85. The van der Waals surface area contributed by atoms with Crippen molar-refractivity contribution in [3.8, 4) is 5.88 Å². The van der Waals surface area contributed by atoms with Gasteiger partial charge in [0.15, 0.2) is 0 Å². The van der Waals surface area contributed by atoms with Gasteiger partial charge in [0.05, 0.1) is 12.3 Å². The van der Waals surface area contributed by atoms with Crippen molar-refractivity contribution in [2.45, 2.75) is 40.7 Å². The van der Waals surface area contributed by atoms with Crippen LogP contribution in [0.15, 0.2) is 12.1 Å². The van der Waals surface area contributed by atoms with Crippen molar-refractivity contribution in [2.24, 2.45) is 11.8 Å². The van der Waals surface area contributed by atoms with Crippen molar-refractivity contribution in [3.63, 3.8) is 0 Å². The standard InChI is InChI=1S/C14H25N3O/c1-9(2)8-18-14-12(15)6-7-13(17-14)16-11(5)10(3)4/h6-7,9-11H,8,15H2,1-5H3,(H,16,17). The monoisotopic (exact) mass is 251 g/mol. The number of hydrogen-bond acceptors (Lipinski definition) is 4. The lowest BCUT2D eigenvalue weighted by Gasteiger charge is -2.19. The average Bonchev–Trinajstić information content (AvgIpc) is 2.29. The lowest BCUT2D eigenvalue weighted by molar-refractivity contribution is 0.263. The van der Waals surface area contributed by atoms with Gasteiger partial charge in [0, 0.05) is 6.04 Å². The van der Waals surface area contributed by atoms with Gasteiger partial charge < -0.3 is 15.8 Å². The number of aromatic nitrogens is 1. The molecule has 0 amide bonds. The molecule has 0 saturated carbocycles. The van der Waals surface area contributed by atoms with Crippen LogP contribution in [0.4, 0.5) is 11.5 Å². The zero-order valence-corrected chi connectivity index (χ0v) is 12.0. The number of nitrogens with one attached hydrogen (secondary N) is 1. The van der Waals surface area contributed by atoms with Crippen molar-refractivity contribution in [3.05, 3.63) is 12.1 Å². The molecular formula is C14H25N3O. The number of nitrogens with zero attached hydrogens (tertiary/aromatic N) is 1. The van der Waals surface area contributed by atoms with Gasteiger partial charge in [0.1, 0.15) is 5.82 Å². The molecule has 1 aromatic heterocycles. The maximum Gasteiger partial charge on any atom is 0.239 e. The Bertz CT molecular complexity index is 377. The zero-order chi connectivity index (χ0) is 13.7. The summed E-state index contributed by atoms with van der Waals surface area (Å²) in [7, 11) is 0. The summed E-state index contributed by atoms with van der Waals surface area (Å²) in [4.78, 5) is 4.41. The number of nitrogens with two attached hydrogens (primary N) is 1. The fourth-order valence-corrected chi connectivity index (χ4v) is 1.29. The Morgan fingerprint density at radius 3 is 2.44 bits per heavy atom. The highest BCUT2D eigenvalue weighted by molar-refractivity contribution is 5.53. The third kappa shape index (κ3) is 4.43. The largest absolute Gasteiger partial charge is 0.476 e. The van der Waals surface area contributed by atoms with Crippen molar-refractivity contribution in [1.29, 1.82) is 0 Å². The van der Waals surface area contributed by atoms with E-state index in [9.17, 15) is 0 Å². The highest BCUT2D eigenvalue weighted by Gasteiger charge is 2.10. The van der Waals surface area contributed by atoms with Crippen LogP contribution in [0.2, 0.25) is 0 Å². The Hall–Kier alpha value is -1.45. The quantitative estimate of drug-likeness (QED) is 0.815. The molecule has 0 spiro atoms. The Morgan fingerprint density at radius 1 is 1.22 bits per heavy atom. The summed E-state index contributed by atoms with van der Waals surface area (Å²) in [5.74, 6) is 2.33. The summed E-state index contributed by atoms with van der Waals surface area (Å²) in [6, 6.07) is 4.08. The summed E-state index contributed by atoms with van der Waals surface area (Å²) < 4.78 is 5.60. The zero-order valence-electron chi connectivity index (χ0n) is 12.0. The molecule has 1 aromatic rings. The van der Waals surface area contributed by atoms with E-state index in [1.165, 1.54) is 0 Å². The van der Waals surface area contributed by atoms with Crippen LogP contribution in [-0.4, -0.2) is 17.6 Å². The second-order valence-electron chi connectivity index (χ2n) is 5.47. The van der Waals surface area contributed by atoms with E-state index in [1.807, 2.05) is 12.1 Å².